The molecule has 0 aliphatic carbocycles. The molecule has 0 amide bonds. The number of methoxy groups -OCH3 is 1. The van der Waals surface area contributed by atoms with Crippen molar-refractivity contribution in [3.8, 4) is 17.2 Å². The summed E-state index contributed by atoms with van der Waals surface area (Å²) in [5, 5.41) is 0. The summed E-state index contributed by atoms with van der Waals surface area (Å²) in [7, 11) is 0.201. The van der Waals surface area contributed by atoms with Gasteiger partial charge in [0.05, 0.1) is 13.7 Å². The summed E-state index contributed by atoms with van der Waals surface area (Å²) in [5.74, 6) is 3.80. The van der Waals surface area contributed by atoms with Crippen LogP contribution in [-0.2, 0) is 0 Å². The lowest BCUT2D eigenvalue weighted by Crippen LogP contribution is -2.16. The van der Waals surface area contributed by atoms with Crippen molar-refractivity contribution in [1.29, 1.82) is 0 Å². The molecule has 2 nitrogen and oxygen atoms in total. The highest BCUT2D eigenvalue weighted by Crippen LogP contribution is 2.24. The highest BCUT2D eigenvalue weighted by molar-refractivity contribution is 6.83. The topological polar surface area (TPSA) is 13.6 Å². The highest BCUT2D eigenvalue weighted by Gasteiger charge is 2.08. The average Bonchev–Trinajstić information content (AvgIpc) is 2.25. The zero-order chi connectivity index (χ0) is 12.2. The fraction of sp³-hybridized carbons (Fsp3) is 0.308. The van der Waals surface area contributed by atoms with E-state index < -0.39 is 8.07 Å². The second-order valence-corrected chi connectivity index (χ2v) is 9.24. The predicted octanol–water partition coefficient (Wildman–Crippen LogP) is 3.47. The first kappa shape index (κ1) is 12.4. The van der Waals surface area contributed by atoms with Crippen LogP contribution in [0.5, 0.6) is 5.75 Å². The van der Waals surface area contributed by atoms with Crippen molar-refractivity contribution >= 4 is 13.8 Å². The lowest BCUT2D eigenvalue weighted by atomic mass is 10.2. The van der Waals surface area contributed by atoms with Gasteiger partial charge in [0.15, 0.2) is 0 Å². The van der Waals surface area contributed by atoms with Gasteiger partial charge in [-0.05, 0) is 12.1 Å². The number of benzene rings is 1. The van der Waals surface area contributed by atoms with E-state index in [-0.39, 0.29) is 0 Å². The monoisotopic (exact) mass is 229 g/mol. The van der Waals surface area contributed by atoms with Crippen LogP contribution >= 0.6 is 0 Å². The Labute approximate surface area is 98.1 Å². The fourth-order valence-electron chi connectivity index (χ4n) is 1.09. The normalized spacial score (nSPS) is 9.94. The van der Waals surface area contributed by atoms with Gasteiger partial charge in [0.1, 0.15) is 13.8 Å². The van der Waals surface area contributed by atoms with Crippen molar-refractivity contribution in [3.63, 3.8) is 0 Å². The first-order valence-corrected chi connectivity index (χ1v) is 8.55. The van der Waals surface area contributed by atoms with Crippen LogP contribution in [-0.4, -0.2) is 15.2 Å². The predicted molar refractivity (Wildman–Crippen MR) is 69.5 cm³/mol. The van der Waals surface area contributed by atoms with Gasteiger partial charge in [-0.1, -0.05) is 31.6 Å². The van der Waals surface area contributed by atoms with E-state index in [0.29, 0.717) is 11.4 Å². The molecule has 0 saturated carbocycles. The van der Waals surface area contributed by atoms with E-state index in [1.165, 1.54) is 0 Å². The molecule has 0 atom stereocenters. The number of nitrogens with zero attached hydrogens (tertiary/aromatic N) is 1. The van der Waals surface area contributed by atoms with Gasteiger partial charge in [-0.15, -0.1) is 5.54 Å². The average molecular weight is 229 g/mol. The quantitative estimate of drug-likeness (QED) is 0.408. The number of hydrogen-bond acceptors (Lipinski definition) is 1. The summed E-state index contributed by atoms with van der Waals surface area (Å²) in [6, 6.07) is 5.41. The molecule has 0 spiro atoms. The van der Waals surface area contributed by atoms with Crippen LogP contribution in [0.3, 0.4) is 0 Å². The Bertz CT molecular complexity index is 483. The Morgan fingerprint density at radius 3 is 2.50 bits per heavy atom. The number of ether oxygens (including phenoxy) is 1. The zero-order valence-corrected chi connectivity index (χ0v) is 11.1. The van der Waals surface area contributed by atoms with Crippen LogP contribution in [0.25, 0.3) is 4.85 Å². The van der Waals surface area contributed by atoms with E-state index in [9.17, 15) is 0 Å². The molecule has 1 aromatic carbocycles. The molecule has 0 bridgehead atoms. The molecular weight excluding hydrogens is 214 g/mol. The summed E-state index contributed by atoms with van der Waals surface area (Å²) in [6.45, 7) is 13.6. The molecule has 16 heavy (non-hydrogen) atoms. The Kier molecular flexibility index (Phi) is 3.76. The van der Waals surface area contributed by atoms with Crippen LogP contribution in [0.2, 0.25) is 19.6 Å². The number of hydrogen-bond donors (Lipinski definition) is 0. The Morgan fingerprint density at radius 1 is 1.31 bits per heavy atom. The van der Waals surface area contributed by atoms with E-state index in [2.05, 4.69) is 36.0 Å². The Balaban J connectivity index is 3.15. The van der Waals surface area contributed by atoms with E-state index in [1.54, 1.807) is 13.2 Å². The maximum Gasteiger partial charge on any atom is 0.206 e. The maximum atomic E-state index is 7.10. The van der Waals surface area contributed by atoms with Crippen molar-refractivity contribution in [2.45, 2.75) is 19.6 Å². The Morgan fingerprint density at radius 2 is 2.00 bits per heavy atom. The molecule has 0 radical (unpaired) electrons. The van der Waals surface area contributed by atoms with Crippen molar-refractivity contribution in [2.24, 2.45) is 0 Å². The lowest BCUT2D eigenvalue weighted by Gasteiger charge is -2.05. The summed E-state index contributed by atoms with van der Waals surface area (Å²) in [6.07, 6.45) is 0. The minimum absolute atomic E-state index is 0.560. The van der Waals surface area contributed by atoms with Gasteiger partial charge < -0.3 is 4.74 Å². The lowest BCUT2D eigenvalue weighted by molar-refractivity contribution is 0.415. The van der Waals surface area contributed by atoms with Crippen LogP contribution in [0, 0.1) is 18.0 Å². The molecular formula is C13H15NOSi. The standard InChI is InChI=1S/C13H15NOSi/c1-14-13-10-12(15-2)7-6-11(13)8-9-16(3,4)5/h6-7,10H,2-5H3. The van der Waals surface area contributed by atoms with Crippen LogP contribution < -0.4 is 4.74 Å². The molecule has 82 valence electrons. The van der Waals surface area contributed by atoms with Crippen molar-refractivity contribution < 1.29 is 4.74 Å². The Hall–Kier alpha value is -1.71. The first-order valence-electron chi connectivity index (χ1n) is 5.05. The molecule has 0 N–H and O–H groups in total. The zero-order valence-electron chi connectivity index (χ0n) is 10.1. The SMILES string of the molecule is [C-]#[N+]c1cc(OC)ccc1C#C[Si](C)(C)C. The largest absolute Gasteiger partial charge is 0.498 e. The molecule has 1 rings (SSSR count). The van der Waals surface area contributed by atoms with Crippen molar-refractivity contribution in [2.75, 3.05) is 7.11 Å². The molecule has 1 aromatic rings. The van der Waals surface area contributed by atoms with Gasteiger partial charge in [0.2, 0.25) is 5.69 Å². The van der Waals surface area contributed by atoms with Gasteiger partial charge in [0.25, 0.3) is 0 Å². The third kappa shape index (κ3) is 3.45. The summed E-state index contributed by atoms with van der Waals surface area (Å²) in [4.78, 5) is 3.46. The molecule has 0 heterocycles. The van der Waals surface area contributed by atoms with Gasteiger partial charge in [0, 0.05) is 5.56 Å². The summed E-state index contributed by atoms with van der Waals surface area (Å²) in [5.41, 5.74) is 4.61. The van der Waals surface area contributed by atoms with Crippen LogP contribution in [0.1, 0.15) is 5.56 Å². The summed E-state index contributed by atoms with van der Waals surface area (Å²) < 4.78 is 5.07. The smallest absolute Gasteiger partial charge is 0.206 e. The molecule has 0 aliphatic heterocycles. The molecule has 0 saturated heterocycles. The molecule has 0 aromatic heterocycles. The van der Waals surface area contributed by atoms with Gasteiger partial charge in [-0.25, -0.2) is 4.85 Å². The van der Waals surface area contributed by atoms with Crippen LogP contribution in [0.15, 0.2) is 18.2 Å². The van der Waals surface area contributed by atoms with Gasteiger partial charge in [-0.3, -0.25) is 0 Å². The number of rotatable bonds is 1. The van der Waals surface area contributed by atoms with E-state index in [0.717, 1.165) is 5.56 Å². The van der Waals surface area contributed by atoms with E-state index in [1.807, 2.05) is 12.1 Å². The van der Waals surface area contributed by atoms with E-state index in [4.69, 9.17) is 11.3 Å². The molecule has 0 unspecified atom stereocenters. The minimum Gasteiger partial charge on any atom is -0.498 e. The molecule has 3 heteroatoms. The third-order valence-corrected chi connectivity index (χ3v) is 2.77. The minimum atomic E-state index is -1.39. The second kappa shape index (κ2) is 4.87. The molecule has 0 fully saturated rings. The van der Waals surface area contributed by atoms with Crippen molar-refractivity contribution in [1.82, 2.24) is 0 Å². The first-order chi connectivity index (χ1) is 7.46. The van der Waals surface area contributed by atoms with E-state index >= 15 is 0 Å². The highest BCUT2D eigenvalue weighted by atomic mass is 28.3. The maximum absolute atomic E-state index is 7.10. The molecule has 0 aliphatic rings. The summed E-state index contributed by atoms with van der Waals surface area (Å²) >= 11 is 0. The van der Waals surface area contributed by atoms with Gasteiger partial charge >= 0.3 is 0 Å². The fourth-order valence-corrected chi connectivity index (χ4v) is 1.60. The third-order valence-electron chi connectivity index (χ3n) is 1.90. The second-order valence-electron chi connectivity index (χ2n) is 4.49. The van der Waals surface area contributed by atoms with Crippen LogP contribution in [0.4, 0.5) is 5.69 Å². The van der Waals surface area contributed by atoms with Gasteiger partial charge in [-0.2, -0.15) is 0 Å². The van der Waals surface area contributed by atoms with Crippen molar-refractivity contribution in [3.05, 3.63) is 35.2 Å².